The average molecular weight is 289 g/mol. The predicted molar refractivity (Wildman–Crippen MR) is 88.0 cm³/mol. The van der Waals surface area contributed by atoms with Crippen LogP contribution in [0.25, 0.3) is 5.57 Å². The van der Waals surface area contributed by atoms with E-state index in [-0.39, 0.29) is 0 Å². The highest BCUT2D eigenvalue weighted by Gasteiger charge is 2.10. The molecule has 3 heteroatoms. The van der Waals surface area contributed by atoms with Crippen molar-refractivity contribution in [1.29, 1.82) is 0 Å². The average Bonchev–Trinajstić information content (AvgIpc) is 2.70. The molecule has 0 spiro atoms. The van der Waals surface area contributed by atoms with Crippen molar-refractivity contribution in [2.75, 3.05) is 26.3 Å². The van der Waals surface area contributed by atoms with Gasteiger partial charge in [0.2, 0.25) is 0 Å². The predicted octanol–water partition coefficient (Wildman–Crippen LogP) is 3.89. The summed E-state index contributed by atoms with van der Waals surface area (Å²) in [4.78, 5) is 0. The first kappa shape index (κ1) is 15.9. The van der Waals surface area contributed by atoms with Gasteiger partial charge in [-0.15, -0.1) is 0 Å². The number of hydrogen-bond donors (Lipinski definition) is 1. The molecule has 0 atom stereocenters. The maximum atomic E-state index is 5.74. The van der Waals surface area contributed by atoms with Crippen molar-refractivity contribution in [3.05, 3.63) is 29.8 Å². The zero-order valence-corrected chi connectivity index (χ0v) is 13.4. The van der Waals surface area contributed by atoms with Crippen LogP contribution in [0.2, 0.25) is 0 Å². The van der Waals surface area contributed by atoms with Gasteiger partial charge in [-0.05, 0) is 55.6 Å². The minimum absolute atomic E-state index is 0.705. The second kappa shape index (κ2) is 8.08. The topological polar surface area (TPSA) is 30.5 Å². The highest BCUT2D eigenvalue weighted by Crippen LogP contribution is 2.32. The van der Waals surface area contributed by atoms with Crippen LogP contribution in [0.1, 0.15) is 39.2 Å². The molecule has 1 aromatic rings. The Labute approximate surface area is 128 Å². The maximum absolute atomic E-state index is 5.74. The molecular weight excluding hydrogens is 262 g/mol. The lowest BCUT2D eigenvalue weighted by Gasteiger charge is -2.10. The van der Waals surface area contributed by atoms with Gasteiger partial charge in [0.05, 0.1) is 13.2 Å². The summed E-state index contributed by atoms with van der Waals surface area (Å²) in [5, 5.41) is 3.46. The molecule has 0 saturated heterocycles. The highest BCUT2D eigenvalue weighted by molar-refractivity contribution is 5.66. The van der Waals surface area contributed by atoms with E-state index in [9.17, 15) is 0 Å². The van der Waals surface area contributed by atoms with E-state index < -0.39 is 0 Å². The SMILES string of the molecule is CC(=CCCNCC(C)C)c1ccc2c(c1)OCCCO2. The van der Waals surface area contributed by atoms with Crippen molar-refractivity contribution in [2.24, 2.45) is 5.92 Å². The smallest absolute Gasteiger partial charge is 0.161 e. The van der Waals surface area contributed by atoms with Crippen LogP contribution in [0.4, 0.5) is 0 Å². The number of fused-ring (bicyclic) bond motifs is 1. The first-order valence-electron chi connectivity index (χ1n) is 7.94. The van der Waals surface area contributed by atoms with E-state index in [0.29, 0.717) is 5.92 Å². The summed E-state index contributed by atoms with van der Waals surface area (Å²) in [5.74, 6) is 2.44. The molecule has 0 aliphatic carbocycles. The second-order valence-corrected chi connectivity index (χ2v) is 5.99. The lowest BCUT2D eigenvalue weighted by atomic mass is 10.1. The third kappa shape index (κ3) is 5.09. The summed E-state index contributed by atoms with van der Waals surface area (Å²) in [6.45, 7) is 10.2. The summed E-state index contributed by atoms with van der Waals surface area (Å²) >= 11 is 0. The molecular formula is C18H27NO2. The fourth-order valence-corrected chi connectivity index (χ4v) is 2.31. The van der Waals surface area contributed by atoms with Gasteiger partial charge < -0.3 is 14.8 Å². The van der Waals surface area contributed by atoms with Gasteiger partial charge in [-0.25, -0.2) is 0 Å². The first-order chi connectivity index (χ1) is 10.2. The van der Waals surface area contributed by atoms with Crippen LogP contribution in [0.15, 0.2) is 24.3 Å². The van der Waals surface area contributed by atoms with Crippen molar-refractivity contribution < 1.29 is 9.47 Å². The molecule has 0 unspecified atom stereocenters. The highest BCUT2D eigenvalue weighted by atomic mass is 16.5. The lowest BCUT2D eigenvalue weighted by molar-refractivity contribution is 0.297. The van der Waals surface area contributed by atoms with Crippen LogP contribution in [0, 0.1) is 5.92 Å². The number of ether oxygens (including phenoxy) is 2. The van der Waals surface area contributed by atoms with E-state index in [1.165, 1.54) is 11.1 Å². The van der Waals surface area contributed by atoms with Crippen LogP contribution < -0.4 is 14.8 Å². The van der Waals surface area contributed by atoms with Gasteiger partial charge in [0.15, 0.2) is 11.5 Å². The Balaban J connectivity index is 1.92. The van der Waals surface area contributed by atoms with Gasteiger partial charge in [-0.1, -0.05) is 26.0 Å². The fraction of sp³-hybridized carbons (Fsp3) is 0.556. The summed E-state index contributed by atoms with van der Waals surface area (Å²) in [5.41, 5.74) is 2.50. The number of rotatable bonds is 6. The molecule has 116 valence electrons. The summed E-state index contributed by atoms with van der Waals surface area (Å²) < 4.78 is 11.4. The van der Waals surface area contributed by atoms with Crippen molar-refractivity contribution in [2.45, 2.75) is 33.6 Å². The normalized spacial score (nSPS) is 15.1. The second-order valence-electron chi connectivity index (χ2n) is 5.99. The van der Waals surface area contributed by atoms with Gasteiger partial charge in [-0.3, -0.25) is 0 Å². The molecule has 0 bridgehead atoms. The molecule has 0 amide bonds. The Bertz CT molecular complexity index is 480. The Kier molecular flexibility index (Phi) is 6.12. The lowest BCUT2D eigenvalue weighted by Crippen LogP contribution is -2.20. The molecule has 0 saturated carbocycles. The largest absolute Gasteiger partial charge is 0.490 e. The molecule has 1 aliphatic heterocycles. The molecule has 0 fully saturated rings. The van der Waals surface area contributed by atoms with E-state index in [1.807, 2.05) is 6.07 Å². The third-order valence-electron chi connectivity index (χ3n) is 3.53. The van der Waals surface area contributed by atoms with E-state index in [2.05, 4.69) is 44.3 Å². The Morgan fingerprint density at radius 3 is 2.76 bits per heavy atom. The van der Waals surface area contributed by atoms with Crippen LogP contribution in [-0.2, 0) is 0 Å². The van der Waals surface area contributed by atoms with Gasteiger partial charge in [-0.2, -0.15) is 0 Å². The van der Waals surface area contributed by atoms with E-state index in [4.69, 9.17) is 9.47 Å². The fourth-order valence-electron chi connectivity index (χ4n) is 2.31. The van der Waals surface area contributed by atoms with Gasteiger partial charge in [0.1, 0.15) is 0 Å². The monoisotopic (exact) mass is 289 g/mol. The van der Waals surface area contributed by atoms with Crippen molar-refractivity contribution >= 4 is 5.57 Å². The minimum Gasteiger partial charge on any atom is -0.490 e. The van der Waals surface area contributed by atoms with Crippen molar-refractivity contribution in [3.63, 3.8) is 0 Å². The Hall–Kier alpha value is -1.48. The van der Waals surface area contributed by atoms with Gasteiger partial charge in [0.25, 0.3) is 0 Å². The van der Waals surface area contributed by atoms with Gasteiger partial charge >= 0.3 is 0 Å². The molecule has 0 aromatic heterocycles. The summed E-state index contributed by atoms with van der Waals surface area (Å²) in [6.07, 6.45) is 4.28. The number of benzene rings is 1. The molecule has 1 aromatic carbocycles. The number of hydrogen-bond acceptors (Lipinski definition) is 3. The molecule has 21 heavy (non-hydrogen) atoms. The van der Waals surface area contributed by atoms with Gasteiger partial charge in [0, 0.05) is 6.42 Å². The molecule has 1 N–H and O–H groups in total. The van der Waals surface area contributed by atoms with Crippen molar-refractivity contribution in [3.8, 4) is 11.5 Å². The van der Waals surface area contributed by atoms with Crippen LogP contribution in [0.3, 0.4) is 0 Å². The number of allylic oxidation sites excluding steroid dienone is 1. The van der Waals surface area contributed by atoms with E-state index in [0.717, 1.165) is 50.6 Å². The molecule has 3 nitrogen and oxygen atoms in total. The third-order valence-corrected chi connectivity index (χ3v) is 3.53. The standard InChI is InChI=1S/C18H27NO2/c1-14(2)13-19-9-4-6-15(3)16-7-8-17-18(12-16)21-11-5-10-20-17/h6-8,12,14,19H,4-5,9-11,13H2,1-3H3. The molecule has 0 radical (unpaired) electrons. The minimum atomic E-state index is 0.705. The zero-order valence-electron chi connectivity index (χ0n) is 13.4. The Morgan fingerprint density at radius 1 is 1.24 bits per heavy atom. The van der Waals surface area contributed by atoms with Crippen LogP contribution in [-0.4, -0.2) is 26.3 Å². The molecule has 2 rings (SSSR count). The molecule has 1 heterocycles. The number of nitrogens with one attached hydrogen (secondary N) is 1. The summed E-state index contributed by atoms with van der Waals surface area (Å²) in [7, 11) is 0. The first-order valence-corrected chi connectivity index (χ1v) is 7.94. The Morgan fingerprint density at radius 2 is 2.00 bits per heavy atom. The van der Waals surface area contributed by atoms with Crippen molar-refractivity contribution in [1.82, 2.24) is 5.32 Å². The van der Waals surface area contributed by atoms with E-state index in [1.54, 1.807) is 0 Å². The quantitative estimate of drug-likeness (QED) is 0.806. The molecule has 1 aliphatic rings. The van der Waals surface area contributed by atoms with E-state index >= 15 is 0 Å². The van der Waals surface area contributed by atoms with Crippen LogP contribution >= 0.6 is 0 Å². The zero-order chi connectivity index (χ0) is 15.1. The van der Waals surface area contributed by atoms with Crippen LogP contribution in [0.5, 0.6) is 11.5 Å². The maximum Gasteiger partial charge on any atom is 0.161 e. The summed E-state index contributed by atoms with van der Waals surface area (Å²) in [6, 6.07) is 6.22.